The highest BCUT2D eigenvalue weighted by atomic mass is 32.1. The molecule has 3 aromatic rings. The zero-order valence-electron chi connectivity index (χ0n) is 12.0. The van der Waals surface area contributed by atoms with Gasteiger partial charge >= 0.3 is 0 Å². The number of nitrogens with two attached hydrogens (primary N) is 1. The van der Waals surface area contributed by atoms with Crippen molar-refractivity contribution in [2.24, 2.45) is 5.84 Å². The first-order chi connectivity index (χ1) is 11.2. The molecule has 7 heteroatoms. The zero-order chi connectivity index (χ0) is 16.2. The molecule has 0 unspecified atom stereocenters. The fourth-order valence-electron chi connectivity index (χ4n) is 2.14. The lowest BCUT2D eigenvalue weighted by Gasteiger charge is -2.14. The molecule has 3 rings (SSSR count). The first-order valence-corrected chi connectivity index (χ1v) is 7.72. The van der Waals surface area contributed by atoms with Crippen LogP contribution >= 0.6 is 11.3 Å². The van der Waals surface area contributed by atoms with Crippen molar-refractivity contribution in [3.8, 4) is 0 Å². The maximum Gasteiger partial charge on any atom is 0.263 e. The van der Waals surface area contributed by atoms with Crippen LogP contribution in [0.25, 0.3) is 10.2 Å². The number of carbonyl (C=O) groups excluding carboxylic acids is 2. The molecule has 0 bridgehead atoms. The number of nitrogens with zero attached hydrogens (tertiary/aromatic N) is 1. The monoisotopic (exact) mass is 326 g/mol. The Bertz CT molecular complexity index is 814. The van der Waals surface area contributed by atoms with Gasteiger partial charge in [-0.05, 0) is 24.3 Å². The van der Waals surface area contributed by atoms with Gasteiger partial charge in [0.15, 0.2) is 6.04 Å². The SMILES string of the molecule is NNC(=O)[C@@H](NC(=O)c1ccccc1)c1nc2ccccc2s1. The molecule has 2 aromatic carbocycles. The van der Waals surface area contributed by atoms with Crippen molar-refractivity contribution < 1.29 is 9.59 Å². The summed E-state index contributed by atoms with van der Waals surface area (Å²) in [6.45, 7) is 0. The summed E-state index contributed by atoms with van der Waals surface area (Å²) in [5.74, 6) is 4.36. The van der Waals surface area contributed by atoms with Gasteiger partial charge in [-0.2, -0.15) is 0 Å². The Morgan fingerprint density at radius 2 is 1.74 bits per heavy atom. The minimum Gasteiger partial charge on any atom is -0.334 e. The molecule has 0 spiro atoms. The van der Waals surface area contributed by atoms with E-state index in [4.69, 9.17) is 5.84 Å². The Labute approximate surface area is 136 Å². The van der Waals surface area contributed by atoms with E-state index in [0.717, 1.165) is 10.2 Å². The van der Waals surface area contributed by atoms with Crippen molar-refractivity contribution in [1.82, 2.24) is 15.7 Å². The second-order valence-corrected chi connectivity index (χ2v) is 5.86. The molecule has 0 radical (unpaired) electrons. The van der Waals surface area contributed by atoms with Crippen LogP contribution in [0.5, 0.6) is 0 Å². The van der Waals surface area contributed by atoms with Gasteiger partial charge in [-0.25, -0.2) is 10.8 Å². The lowest BCUT2D eigenvalue weighted by atomic mass is 10.2. The summed E-state index contributed by atoms with van der Waals surface area (Å²) in [6.07, 6.45) is 0. The molecule has 1 heterocycles. The van der Waals surface area contributed by atoms with E-state index in [2.05, 4.69) is 15.7 Å². The average Bonchev–Trinajstić information content (AvgIpc) is 3.03. The molecule has 116 valence electrons. The van der Waals surface area contributed by atoms with E-state index in [1.54, 1.807) is 24.3 Å². The Balaban J connectivity index is 1.92. The van der Waals surface area contributed by atoms with Gasteiger partial charge in [0.25, 0.3) is 11.8 Å². The maximum absolute atomic E-state index is 12.3. The van der Waals surface area contributed by atoms with E-state index in [-0.39, 0.29) is 5.91 Å². The highest BCUT2D eigenvalue weighted by Crippen LogP contribution is 2.26. The predicted molar refractivity (Wildman–Crippen MR) is 88.6 cm³/mol. The number of nitrogens with one attached hydrogen (secondary N) is 2. The number of para-hydroxylation sites is 1. The fraction of sp³-hybridized carbons (Fsp3) is 0.0625. The number of benzene rings is 2. The molecule has 2 amide bonds. The van der Waals surface area contributed by atoms with Crippen LogP contribution in [-0.4, -0.2) is 16.8 Å². The molecule has 1 atom stereocenters. The van der Waals surface area contributed by atoms with Gasteiger partial charge in [0.2, 0.25) is 0 Å². The van der Waals surface area contributed by atoms with Crippen molar-refractivity contribution in [2.75, 3.05) is 0 Å². The number of hydrazine groups is 1. The number of aromatic nitrogens is 1. The number of hydrogen-bond donors (Lipinski definition) is 3. The molecule has 0 fully saturated rings. The highest BCUT2D eigenvalue weighted by Gasteiger charge is 2.26. The number of fused-ring (bicyclic) bond motifs is 1. The highest BCUT2D eigenvalue weighted by molar-refractivity contribution is 7.18. The van der Waals surface area contributed by atoms with E-state index >= 15 is 0 Å². The van der Waals surface area contributed by atoms with E-state index in [1.165, 1.54) is 11.3 Å². The molecule has 6 nitrogen and oxygen atoms in total. The molecule has 23 heavy (non-hydrogen) atoms. The summed E-state index contributed by atoms with van der Waals surface area (Å²) >= 11 is 1.34. The molecule has 0 saturated heterocycles. The number of amides is 2. The molecule has 0 aliphatic rings. The third-order valence-corrected chi connectivity index (χ3v) is 4.37. The summed E-state index contributed by atoms with van der Waals surface area (Å²) in [5.41, 5.74) is 3.31. The average molecular weight is 326 g/mol. The van der Waals surface area contributed by atoms with Crippen LogP contribution in [0.3, 0.4) is 0 Å². The van der Waals surface area contributed by atoms with Gasteiger partial charge < -0.3 is 5.32 Å². The summed E-state index contributed by atoms with van der Waals surface area (Å²) in [4.78, 5) is 28.8. The zero-order valence-corrected chi connectivity index (χ0v) is 12.8. The first kappa shape index (κ1) is 15.1. The van der Waals surface area contributed by atoms with Crippen LogP contribution < -0.4 is 16.6 Å². The lowest BCUT2D eigenvalue weighted by Crippen LogP contribution is -2.43. The number of carbonyl (C=O) groups is 2. The van der Waals surface area contributed by atoms with Crippen LogP contribution in [0, 0.1) is 0 Å². The van der Waals surface area contributed by atoms with Crippen molar-refractivity contribution in [3.05, 3.63) is 65.2 Å². The van der Waals surface area contributed by atoms with Crippen LogP contribution in [-0.2, 0) is 4.79 Å². The Kier molecular flexibility index (Phi) is 4.31. The molecule has 0 aliphatic heterocycles. The topological polar surface area (TPSA) is 97.1 Å². The van der Waals surface area contributed by atoms with Crippen molar-refractivity contribution >= 4 is 33.4 Å². The number of rotatable bonds is 4. The van der Waals surface area contributed by atoms with Crippen LogP contribution in [0.1, 0.15) is 21.4 Å². The van der Waals surface area contributed by atoms with E-state index in [1.807, 2.05) is 30.3 Å². The minimum atomic E-state index is -0.940. The van der Waals surface area contributed by atoms with Gasteiger partial charge in [-0.15, -0.1) is 11.3 Å². The molecular formula is C16H14N4O2S. The van der Waals surface area contributed by atoms with E-state index < -0.39 is 11.9 Å². The van der Waals surface area contributed by atoms with Gasteiger partial charge in [0.05, 0.1) is 10.2 Å². The second-order valence-electron chi connectivity index (χ2n) is 4.80. The number of thiazole rings is 1. The van der Waals surface area contributed by atoms with Crippen LogP contribution in [0.15, 0.2) is 54.6 Å². The van der Waals surface area contributed by atoms with Crippen molar-refractivity contribution in [1.29, 1.82) is 0 Å². The molecular weight excluding hydrogens is 312 g/mol. The summed E-state index contributed by atoms with van der Waals surface area (Å²) in [7, 11) is 0. The van der Waals surface area contributed by atoms with Gasteiger partial charge in [0.1, 0.15) is 5.01 Å². The first-order valence-electron chi connectivity index (χ1n) is 6.91. The third-order valence-electron chi connectivity index (χ3n) is 3.27. The summed E-state index contributed by atoms with van der Waals surface area (Å²) < 4.78 is 0.936. The van der Waals surface area contributed by atoms with Crippen molar-refractivity contribution in [2.45, 2.75) is 6.04 Å². The number of hydrogen-bond acceptors (Lipinski definition) is 5. The largest absolute Gasteiger partial charge is 0.334 e. The molecule has 4 N–H and O–H groups in total. The van der Waals surface area contributed by atoms with E-state index in [9.17, 15) is 9.59 Å². The third kappa shape index (κ3) is 3.20. The maximum atomic E-state index is 12.3. The van der Waals surface area contributed by atoms with Gasteiger partial charge in [-0.3, -0.25) is 15.0 Å². The van der Waals surface area contributed by atoms with Crippen LogP contribution in [0.4, 0.5) is 0 Å². The van der Waals surface area contributed by atoms with Crippen molar-refractivity contribution in [3.63, 3.8) is 0 Å². The predicted octanol–water partition coefficient (Wildman–Crippen LogP) is 1.76. The molecule has 0 aliphatic carbocycles. The Hall–Kier alpha value is -2.77. The molecule has 0 saturated carbocycles. The Morgan fingerprint density at radius 3 is 2.43 bits per heavy atom. The van der Waals surface area contributed by atoms with E-state index in [0.29, 0.717) is 10.6 Å². The van der Waals surface area contributed by atoms with Gasteiger partial charge in [0, 0.05) is 5.56 Å². The summed E-state index contributed by atoms with van der Waals surface area (Å²) in [5, 5.41) is 3.16. The fourth-order valence-corrected chi connectivity index (χ4v) is 3.16. The molecule has 1 aromatic heterocycles. The second kappa shape index (κ2) is 6.55. The minimum absolute atomic E-state index is 0.363. The Morgan fingerprint density at radius 1 is 1.04 bits per heavy atom. The summed E-state index contributed by atoms with van der Waals surface area (Å²) in [6, 6.07) is 15.3. The van der Waals surface area contributed by atoms with Crippen LogP contribution in [0.2, 0.25) is 0 Å². The quantitative estimate of drug-likeness (QED) is 0.386. The normalized spacial score (nSPS) is 11.9. The lowest BCUT2D eigenvalue weighted by molar-refractivity contribution is -0.123. The smallest absolute Gasteiger partial charge is 0.263 e. The standard InChI is InChI=1S/C16H14N4O2S/c17-20-15(22)13(19-14(21)10-6-2-1-3-7-10)16-18-11-8-4-5-9-12(11)23-16/h1-9,13H,17H2,(H,19,21)(H,20,22)/t13-/m1/s1. The van der Waals surface area contributed by atoms with Gasteiger partial charge in [-0.1, -0.05) is 30.3 Å².